The van der Waals surface area contributed by atoms with Crippen molar-refractivity contribution in [3.05, 3.63) is 36.0 Å². The maximum Gasteiger partial charge on any atom is 0.374 e. The van der Waals surface area contributed by atoms with Crippen LogP contribution in [0, 0.1) is 0 Å². The number of aromatic nitrogens is 1. The van der Waals surface area contributed by atoms with Crippen molar-refractivity contribution in [2.75, 3.05) is 0 Å². The number of aryl methyl sites for hydroxylation is 1. The second-order valence-corrected chi connectivity index (χ2v) is 3.97. The lowest BCUT2D eigenvalue weighted by atomic mass is 10.1. The number of aliphatic carboxylic acids is 1. The minimum Gasteiger partial charge on any atom is -0.477 e. The smallest absolute Gasteiger partial charge is 0.374 e. The van der Waals surface area contributed by atoms with E-state index in [1.807, 2.05) is 0 Å². The SMILES string of the molecule is Cn1cc(CC(F)(F)C(=O)O)c2ccccc21. The maximum atomic E-state index is 13.2. The Labute approximate surface area is 96.3 Å². The van der Waals surface area contributed by atoms with E-state index < -0.39 is 18.3 Å². The first-order valence-corrected chi connectivity index (χ1v) is 5.06. The van der Waals surface area contributed by atoms with Gasteiger partial charge in [0, 0.05) is 30.6 Å². The highest BCUT2D eigenvalue weighted by Crippen LogP contribution is 2.27. The normalized spacial score (nSPS) is 11.9. The molecule has 5 heteroatoms. The molecular weight excluding hydrogens is 228 g/mol. The molecule has 0 aliphatic carbocycles. The number of carboxylic acid groups (broad SMARTS) is 1. The predicted octanol–water partition coefficient (Wildman–Crippen LogP) is 2.44. The zero-order chi connectivity index (χ0) is 12.6. The van der Waals surface area contributed by atoms with E-state index in [1.54, 1.807) is 42.1 Å². The number of para-hydroxylation sites is 1. The summed E-state index contributed by atoms with van der Waals surface area (Å²) in [5.74, 6) is -5.82. The molecular formula is C12H11F2NO2. The van der Waals surface area contributed by atoms with Crippen LogP contribution in [0.5, 0.6) is 0 Å². The summed E-state index contributed by atoms with van der Waals surface area (Å²) >= 11 is 0. The molecule has 0 saturated heterocycles. The van der Waals surface area contributed by atoms with E-state index in [9.17, 15) is 13.6 Å². The Balaban J connectivity index is 2.47. The fraction of sp³-hybridized carbons (Fsp3) is 0.250. The van der Waals surface area contributed by atoms with E-state index in [1.165, 1.54) is 0 Å². The van der Waals surface area contributed by atoms with Crippen molar-refractivity contribution in [1.29, 1.82) is 0 Å². The van der Waals surface area contributed by atoms with E-state index in [0.29, 0.717) is 10.9 Å². The zero-order valence-corrected chi connectivity index (χ0v) is 9.15. The highest BCUT2D eigenvalue weighted by molar-refractivity contribution is 5.85. The average molecular weight is 239 g/mol. The topological polar surface area (TPSA) is 42.2 Å². The van der Waals surface area contributed by atoms with Gasteiger partial charge in [-0.25, -0.2) is 4.79 Å². The summed E-state index contributed by atoms with van der Waals surface area (Å²) in [6.07, 6.45) is 0.755. The van der Waals surface area contributed by atoms with Crippen LogP contribution in [-0.2, 0) is 18.3 Å². The van der Waals surface area contributed by atoms with Crippen LogP contribution in [0.2, 0.25) is 0 Å². The Morgan fingerprint density at radius 3 is 2.71 bits per heavy atom. The number of carboxylic acids is 1. The summed E-state index contributed by atoms with van der Waals surface area (Å²) in [6.45, 7) is 0. The molecule has 3 nitrogen and oxygen atoms in total. The van der Waals surface area contributed by atoms with Crippen LogP contribution in [0.15, 0.2) is 30.5 Å². The molecule has 1 heterocycles. The molecule has 2 aromatic rings. The molecule has 0 spiro atoms. The fourth-order valence-corrected chi connectivity index (χ4v) is 1.88. The molecule has 0 aliphatic rings. The van der Waals surface area contributed by atoms with E-state index in [4.69, 9.17) is 5.11 Å². The van der Waals surface area contributed by atoms with Crippen molar-refractivity contribution in [3.63, 3.8) is 0 Å². The minimum atomic E-state index is -3.73. The molecule has 1 N–H and O–H groups in total. The van der Waals surface area contributed by atoms with Gasteiger partial charge in [0.1, 0.15) is 0 Å². The van der Waals surface area contributed by atoms with Crippen molar-refractivity contribution in [2.24, 2.45) is 7.05 Å². The molecule has 0 amide bonds. The van der Waals surface area contributed by atoms with Gasteiger partial charge in [-0.05, 0) is 11.6 Å². The standard InChI is InChI=1S/C12H11F2NO2/c1-15-7-8(6-12(13,14)11(16)17)9-4-2-3-5-10(9)15/h2-5,7H,6H2,1H3,(H,16,17). The molecule has 90 valence electrons. The third-order valence-corrected chi connectivity index (χ3v) is 2.70. The lowest BCUT2D eigenvalue weighted by Gasteiger charge is -2.09. The Bertz CT molecular complexity index is 575. The van der Waals surface area contributed by atoms with Crippen LogP contribution in [-0.4, -0.2) is 21.6 Å². The highest BCUT2D eigenvalue weighted by Gasteiger charge is 2.39. The van der Waals surface area contributed by atoms with Crippen LogP contribution in [0.4, 0.5) is 8.78 Å². The van der Waals surface area contributed by atoms with Gasteiger partial charge in [0.25, 0.3) is 0 Å². The Morgan fingerprint density at radius 1 is 1.41 bits per heavy atom. The monoisotopic (exact) mass is 239 g/mol. The molecule has 1 aromatic carbocycles. The minimum absolute atomic E-state index is 0.343. The van der Waals surface area contributed by atoms with Gasteiger partial charge in [-0.2, -0.15) is 8.78 Å². The van der Waals surface area contributed by atoms with E-state index >= 15 is 0 Å². The van der Waals surface area contributed by atoms with Gasteiger partial charge < -0.3 is 9.67 Å². The molecule has 0 radical (unpaired) electrons. The van der Waals surface area contributed by atoms with E-state index in [-0.39, 0.29) is 0 Å². The number of rotatable bonds is 3. The first-order chi connectivity index (χ1) is 7.92. The fourth-order valence-electron chi connectivity index (χ4n) is 1.88. The first kappa shape index (κ1) is 11.6. The van der Waals surface area contributed by atoms with Gasteiger partial charge >= 0.3 is 11.9 Å². The molecule has 0 bridgehead atoms. The van der Waals surface area contributed by atoms with Crippen molar-refractivity contribution in [2.45, 2.75) is 12.3 Å². The van der Waals surface area contributed by atoms with Crippen molar-refractivity contribution in [1.82, 2.24) is 4.57 Å². The molecule has 1 aromatic heterocycles. The quantitative estimate of drug-likeness (QED) is 0.893. The van der Waals surface area contributed by atoms with E-state index in [0.717, 1.165) is 5.52 Å². The summed E-state index contributed by atoms with van der Waals surface area (Å²) in [7, 11) is 1.74. The number of nitrogens with zero attached hydrogens (tertiary/aromatic N) is 1. The summed E-state index contributed by atoms with van der Waals surface area (Å²) in [4.78, 5) is 10.4. The molecule has 17 heavy (non-hydrogen) atoms. The Morgan fingerprint density at radius 2 is 2.06 bits per heavy atom. The molecule has 0 fully saturated rings. The van der Waals surface area contributed by atoms with Crippen molar-refractivity contribution in [3.8, 4) is 0 Å². The van der Waals surface area contributed by atoms with Crippen LogP contribution in [0.3, 0.4) is 0 Å². The average Bonchev–Trinajstić information content (AvgIpc) is 2.56. The number of fused-ring (bicyclic) bond motifs is 1. The maximum absolute atomic E-state index is 13.2. The zero-order valence-electron chi connectivity index (χ0n) is 9.15. The molecule has 0 aliphatic heterocycles. The third kappa shape index (κ3) is 2.00. The number of hydrogen-bond donors (Lipinski definition) is 1. The summed E-state index contributed by atoms with van der Waals surface area (Å²) < 4.78 is 28.0. The van der Waals surface area contributed by atoms with Gasteiger partial charge in [-0.3, -0.25) is 0 Å². The second kappa shape index (κ2) is 3.84. The van der Waals surface area contributed by atoms with Gasteiger partial charge in [0.05, 0.1) is 0 Å². The molecule has 0 unspecified atom stereocenters. The Kier molecular flexibility index (Phi) is 2.61. The molecule has 0 atom stereocenters. The summed E-state index contributed by atoms with van der Waals surface area (Å²) in [6, 6.07) is 7.06. The lowest BCUT2D eigenvalue weighted by molar-refractivity contribution is -0.164. The molecule has 0 saturated carbocycles. The summed E-state index contributed by atoms with van der Waals surface area (Å²) in [5, 5.41) is 9.09. The van der Waals surface area contributed by atoms with E-state index in [2.05, 4.69) is 0 Å². The highest BCUT2D eigenvalue weighted by atomic mass is 19.3. The van der Waals surface area contributed by atoms with Crippen LogP contribution >= 0.6 is 0 Å². The number of alkyl halides is 2. The summed E-state index contributed by atoms with van der Waals surface area (Å²) in [5.41, 5.74) is 1.15. The number of halogens is 2. The van der Waals surface area contributed by atoms with Crippen molar-refractivity contribution < 1.29 is 18.7 Å². The molecule has 2 rings (SSSR count). The van der Waals surface area contributed by atoms with Gasteiger partial charge in [0.2, 0.25) is 0 Å². The third-order valence-electron chi connectivity index (χ3n) is 2.70. The van der Waals surface area contributed by atoms with Gasteiger partial charge in [-0.1, -0.05) is 18.2 Å². The van der Waals surface area contributed by atoms with Crippen LogP contribution < -0.4 is 0 Å². The van der Waals surface area contributed by atoms with Crippen molar-refractivity contribution >= 4 is 16.9 Å². The van der Waals surface area contributed by atoms with Gasteiger partial charge in [0.15, 0.2) is 0 Å². The van der Waals surface area contributed by atoms with Gasteiger partial charge in [-0.15, -0.1) is 0 Å². The lowest BCUT2D eigenvalue weighted by Crippen LogP contribution is -2.30. The van der Waals surface area contributed by atoms with Crippen LogP contribution in [0.1, 0.15) is 5.56 Å². The van der Waals surface area contributed by atoms with Crippen LogP contribution in [0.25, 0.3) is 10.9 Å². The Hall–Kier alpha value is -1.91. The second-order valence-electron chi connectivity index (χ2n) is 3.97. The first-order valence-electron chi connectivity index (χ1n) is 5.06. The largest absolute Gasteiger partial charge is 0.477 e. The number of carbonyl (C=O) groups is 1. The predicted molar refractivity (Wildman–Crippen MR) is 59.2 cm³/mol. The number of hydrogen-bond acceptors (Lipinski definition) is 1. The number of benzene rings is 1.